The van der Waals surface area contributed by atoms with Crippen molar-refractivity contribution in [3.63, 3.8) is 0 Å². The molecular weight excluding hydrogens is 323 g/mol. The smallest absolute Gasteiger partial charge is 0.258 e. The third kappa shape index (κ3) is 2.93. The molecule has 6 heteroatoms. The summed E-state index contributed by atoms with van der Waals surface area (Å²) in [7, 11) is 0. The van der Waals surface area contributed by atoms with Crippen LogP contribution in [0.15, 0.2) is 47.4 Å². The van der Waals surface area contributed by atoms with Crippen LogP contribution in [0.2, 0.25) is 10.0 Å². The Morgan fingerprint density at radius 2 is 1.91 bits per heavy atom. The van der Waals surface area contributed by atoms with Crippen molar-refractivity contribution in [2.75, 3.05) is 0 Å². The van der Waals surface area contributed by atoms with Gasteiger partial charge in [0.15, 0.2) is 5.75 Å². The van der Waals surface area contributed by atoms with Gasteiger partial charge in [-0.05, 0) is 30.7 Å². The Labute approximate surface area is 136 Å². The number of hydrogen-bond acceptors (Lipinski definition) is 3. The van der Waals surface area contributed by atoms with E-state index in [1.54, 1.807) is 30.5 Å². The molecule has 3 aromatic rings. The molecule has 0 saturated heterocycles. The minimum absolute atomic E-state index is 0.114. The number of para-hydroxylation sites is 1. The normalized spacial score (nSPS) is 10.9. The average molecular weight is 335 g/mol. The van der Waals surface area contributed by atoms with Gasteiger partial charge in [-0.2, -0.15) is 0 Å². The highest BCUT2D eigenvalue weighted by Crippen LogP contribution is 2.32. The molecule has 3 rings (SSSR count). The first-order chi connectivity index (χ1) is 10.5. The van der Waals surface area contributed by atoms with Gasteiger partial charge in [0, 0.05) is 12.3 Å². The molecule has 0 spiro atoms. The van der Waals surface area contributed by atoms with E-state index in [1.807, 2.05) is 13.0 Å². The van der Waals surface area contributed by atoms with Crippen molar-refractivity contribution >= 4 is 28.8 Å². The van der Waals surface area contributed by atoms with Gasteiger partial charge in [-0.25, -0.2) is 4.98 Å². The van der Waals surface area contributed by atoms with Crippen molar-refractivity contribution in [2.24, 2.45) is 0 Å². The maximum absolute atomic E-state index is 12.1. The Morgan fingerprint density at radius 1 is 1.18 bits per heavy atom. The summed E-state index contributed by atoms with van der Waals surface area (Å²) in [4.78, 5) is 16.5. The zero-order chi connectivity index (χ0) is 15.7. The molecule has 2 aromatic heterocycles. The van der Waals surface area contributed by atoms with Crippen molar-refractivity contribution in [3.8, 4) is 5.75 Å². The lowest BCUT2D eigenvalue weighted by Crippen LogP contribution is -2.16. The summed E-state index contributed by atoms with van der Waals surface area (Å²) in [5, 5.41) is 0.835. The number of pyridine rings is 1. The lowest BCUT2D eigenvalue weighted by Gasteiger charge is -2.10. The van der Waals surface area contributed by atoms with Gasteiger partial charge in [0.05, 0.1) is 15.7 Å². The highest BCUT2D eigenvalue weighted by atomic mass is 35.5. The van der Waals surface area contributed by atoms with E-state index in [9.17, 15) is 4.79 Å². The fraction of sp³-hybridized carbons (Fsp3) is 0.125. The lowest BCUT2D eigenvalue weighted by atomic mass is 10.3. The molecule has 0 aliphatic carbocycles. The fourth-order valence-electron chi connectivity index (χ4n) is 2.10. The van der Waals surface area contributed by atoms with E-state index >= 15 is 0 Å². The van der Waals surface area contributed by atoms with Crippen molar-refractivity contribution in [1.82, 2.24) is 9.38 Å². The number of halogens is 2. The molecule has 0 fully saturated rings. The standard InChI is InChI=1S/C16H12Cl2N2O2/c1-10-5-6-14-19-11(7-15(21)20(14)8-10)9-22-16-12(17)3-2-4-13(16)18/h2-8H,9H2,1H3. The maximum atomic E-state index is 12.1. The first-order valence-corrected chi connectivity index (χ1v) is 7.36. The number of rotatable bonds is 3. The summed E-state index contributed by atoms with van der Waals surface area (Å²) in [6.07, 6.45) is 1.75. The van der Waals surface area contributed by atoms with E-state index in [4.69, 9.17) is 27.9 Å². The van der Waals surface area contributed by atoms with Crippen molar-refractivity contribution < 1.29 is 4.74 Å². The summed E-state index contributed by atoms with van der Waals surface area (Å²) < 4.78 is 7.11. The van der Waals surface area contributed by atoms with Gasteiger partial charge in [0.25, 0.3) is 5.56 Å². The molecule has 2 heterocycles. The zero-order valence-electron chi connectivity index (χ0n) is 11.7. The van der Waals surface area contributed by atoms with Gasteiger partial charge in [0.1, 0.15) is 12.3 Å². The molecule has 1 aromatic carbocycles. The Bertz CT molecular complexity index is 886. The Kier molecular flexibility index (Phi) is 4.05. The molecule has 0 amide bonds. The molecule has 0 N–H and O–H groups in total. The number of nitrogens with zero attached hydrogens (tertiary/aromatic N) is 2. The second-order valence-electron chi connectivity index (χ2n) is 4.86. The van der Waals surface area contributed by atoms with Crippen LogP contribution in [0.1, 0.15) is 11.3 Å². The van der Waals surface area contributed by atoms with Gasteiger partial charge in [-0.1, -0.05) is 35.3 Å². The third-order valence-corrected chi connectivity index (χ3v) is 3.74. The first-order valence-electron chi connectivity index (χ1n) is 6.60. The van der Waals surface area contributed by atoms with E-state index in [-0.39, 0.29) is 12.2 Å². The molecule has 4 nitrogen and oxygen atoms in total. The van der Waals surface area contributed by atoms with Gasteiger partial charge in [-0.15, -0.1) is 0 Å². The van der Waals surface area contributed by atoms with E-state index in [1.165, 1.54) is 10.5 Å². The summed E-state index contributed by atoms with van der Waals surface area (Å²) in [6.45, 7) is 2.03. The van der Waals surface area contributed by atoms with Crippen LogP contribution in [0.5, 0.6) is 5.75 Å². The summed E-state index contributed by atoms with van der Waals surface area (Å²) >= 11 is 12.1. The van der Waals surface area contributed by atoms with Crippen LogP contribution in [0.25, 0.3) is 5.65 Å². The van der Waals surface area contributed by atoms with Crippen LogP contribution in [-0.4, -0.2) is 9.38 Å². The molecule has 0 atom stereocenters. The second kappa shape index (κ2) is 5.99. The van der Waals surface area contributed by atoms with Gasteiger partial charge in [0.2, 0.25) is 0 Å². The SMILES string of the molecule is Cc1ccc2nc(COc3c(Cl)cccc3Cl)cc(=O)n2c1. The number of hydrogen-bond donors (Lipinski definition) is 0. The molecule has 0 aliphatic rings. The molecule has 0 unspecified atom stereocenters. The van der Waals surface area contributed by atoms with Gasteiger partial charge in [-0.3, -0.25) is 9.20 Å². The zero-order valence-corrected chi connectivity index (χ0v) is 13.2. The Balaban J connectivity index is 1.92. The highest BCUT2D eigenvalue weighted by Gasteiger charge is 2.08. The Hall–Kier alpha value is -2.04. The van der Waals surface area contributed by atoms with Crippen LogP contribution in [0, 0.1) is 6.92 Å². The summed E-state index contributed by atoms with van der Waals surface area (Å²) in [6, 6.07) is 10.3. The molecule has 0 bridgehead atoms. The van der Waals surface area contributed by atoms with Crippen LogP contribution < -0.4 is 10.3 Å². The quantitative estimate of drug-likeness (QED) is 0.729. The fourth-order valence-corrected chi connectivity index (χ4v) is 2.61. The molecule has 0 radical (unpaired) electrons. The largest absolute Gasteiger partial charge is 0.484 e. The number of benzene rings is 1. The van der Waals surface area contributed by atoms with Crippen molar-refractivity contribution in [1.29, 1.82) is 0 Å². The number of fused-ring (bicyclic) bond motifs is 1. The van der Waals surface area contributed by atoms with Crippen molar-refractivity contribution in [3.05, 3.63) is 74.3 Å². The minimum Gasteiger partial charge on any atom is -0.484 e. The van der Waals surface area contributed by atoms with Gasteiger partial charge >= 0.3 is 0 Å². The van der Waals surface area contributed by atoms with Crippen LogP contribution in [0.3, 0.4) is 0 Å². The Morgan fingerprint density at radius 3 is 2.64 bits per heavy atom. The van der Waals surface area contributed by atoms with Crippen LogP contribution in [-0.2, 0) is 6.61 Å². The van der Waals surface area contributed by atoms with Crippen LogP contribution in [0.4, 0.5) is 0 Å². The summed E-state index contributed by atoms with van der Waals surface area (Å²) in [5.74, 6) is 0.386. The molecular formula is C16H12Cl2N2O2. The summed E-state index contributed by atoms with van der Waals surface area (Å²) in [5.41, 5.74) is 1.92. The number of aryl methyl sites for hydroxylation is 1. The van der Waals surface area contributed by atoms with E-state index in [2.05, 4.69) is 4.98 Å². The average Bonchev–Trinajstić information content (AvgIpc) is 2.47. The molecule has 0 saturated carbocycles. The lowest BCUT2D eigenvalue weighted by molar-refractivity contribution is 0.301. The second-order valence-corrected chi connectivity index (χ2v) is 5.67. The minimum atomic E-state index is -0.155. The third-order valence-electron chi connectivity index (χ3n) is 3.14. The molecule has 22 heavy (non-hydrogen) atoms. The predicted octanol–water partition coefficient (Wildman–Crippen LogP) is 3.89. The predicted molar refractivity (Wildman–Crippen MR) is 87.0 cm³/mol. The maximum Gasteiger partial charge on any atom is 0.258 e. The first kappa shape index (κ1) is 14.9. The van der Waals surface area contributed by atoms with Crippen LogP contribution >= 0.6 is 23.2 Å². The topological polar surface area (TPSA) is 43.6 Å². The number of ether oxygens (including phenoxy) is 1. The highest BCUT2D eigenvalue weighted by molar-refractivity contribution is 6.37. The van der Waals surface area contributed by atoms with Crippen molar-refractivity contribution in [2.45, 2.75) is 13.5 Å². The van der Waals surface area contributed by atoms with E-state index in [0.717, 1.165) is 5.56 Å². The van der Waals surface area contributed by atoms with E-state index in [0.29, 0.717) is 27.1 Å². The molecule has 112 valence electrons. The number of aromatic nitrogens is 2. The monoisotopic (exact) mass is 334 g/mol. The van der Waals surface area contributed by atoms with E-state index < -0.39 is 0 Å². The molecule has 0 aliphatic heterocycles. The van der Waals surface area contributed by atoms with Gasteiger partial charge < -0.3 is 4.74 Å².